The molecule has 1 aliphatic rings. The summed E-state index contributed by atoms with van der Waals surface area (Å²) in [5.41, 5.74) is 7.64. The van der Waals surface area contributed by atoms with E-state index in [4.69, 9.17) is 17.3 Å². The van der Waals surface area contributed by atoms with Crippen LogP contribution in [0.3, 0.4) is 0 Å². The van der Waals surface area contributed by atoms with Gasteiger partial charge in [0, 0.05) is 34.7 Å². The summed E-state index contributed by atoms with van der Waals surface area (Å²) in [5, 5.41) is 0.502. The molecule has 146 valence electrons. The number of halogens is 3. The van der Waals surface area contributed by atoms with E-state index in [1.54, 1.807) is 12.1 Å². The van der Waals surface area contributed by atoms with Gasteiger partial charge in [0.05, 0.1) is 0 Å². The molecule has 0 unspecified atom stereocenters. The summed E-state index contributed by atoms with van der Waals surface area (Å²) in [6.45, 7) is 3.06. The molecule has 27 heavy (non-hydrogen) atoms. The van der Waals surface area contributed by atoms with E-state index in [0.29, 0.717) is 29.0 Å². The van der Waals surface area contributed by atoms with Crippen molar-refractivity contribution in [2.75, 3.05) is 13.1 Å². The van der Waals surface area contributed by atoms with E-state index >= 15 is 0 Å². The van der Waals surface area contributed by atoms with Gasteiger partial charge in [0.25, 0.3) is 0 Å². The quantitative estimate of drug-likeness (QED) is 0.556. The van der Waals surface area contributed by atoms with Crippen LogP contribution >= 0.6 is 27.5 Å². The highest BCUT2D eigenvalue weighted by molar-refractivity contribution is 9.10. The van der Waals surface area contributed by atoms with E-state index in [1.165, 1.54) is 37.3 Å². The summed E-state index contributed by atoms with van der Waals surface area (Å²) < 4.78 is 15.4. The maximum Gasteiger partial charge on any atom is 0.129 e. The summed E-state index contributed by atoms with van der Waals surface area (Å²) >= 11 is 9.78. The SMILES string of the molecule is NCC1CCC(CN(Cc2ccc(Br)cc2)Cc2c(F)cccc2Cl)CC1. The molecular formula is C22H27BrClFN2. The van der Waals surface area contributed by atoms with Crippen molar-refractivity contribution in [3.63, 3.8) is 0 Å². The molecular weight excluding hydrogens is 427 g/mol. The van der Waals surface area contributed by atoms with Gasteiger partial charge in [-0.05, 0) is 73.9 Å². The van der Waals surface area contributed by atoms with E-state index in [1.807, 2.05) is 0 Å². The Balaban J connectivity index is 1.73. The predicted octanol–water partition coefficient (Wildman–Crippen LogP) is 6.01. The van der Waals surface area contributed by atoms with Crippen molar-refractivity contribution < 1.29 is 4.39 Å². The first kappa shape index (κ1) is 20.8. The largest absolute Gasteiger partial charge is 0.330 e. The van der Waals surface area contributed by atoms with Gasteiger partial charge in [-0.2, -0.15) is 0 Å². The minimum atomic E-state index is -0.227. The van der Waals surface area contributed by atoms with Crippen LogP contribution in [0.2, 0.25) is 5.02 Å². The molecule has 0 spiro atoms. The lowest BCUT2D eigenvalue weighted by Gasteiger charge is -2.32. The normalized spacial score (nSPS) is 20.2. The number of rotatable bonds is 7. The molecule has 2 aromatic rings. The van der Waals surface area contributed by atoms with Gasteiger partial charge in [0.15, 0.2) is 0 Å². The molecule has 1 fully saturated rings. The molecule has 0 atom stereocenters. The molecule has 1 aliphatic carbocycles. The summed E-state index contributed by atoms with van der Waals surface area (Å²) in [5.74, 6) is 1.08. The molecule has 0 heterocycles. The Hall–Kier alpha value is -0.940. The molecule has 5 heteroatoms. The fraction of sp³-hybridized carbons (Fsp3) is 0.455. The molecule has 1 saturated carbocycles. The van der Waals surface area contributed by atoms with Gasteiger partial charge in [0.2, 0.25) is 0 Å². The van der Waals surface area contributed by atoms with Crippen molar-refractivity contribution in [2.24, 2.45) is 17.6 Å². The average molecular weight is 454 g/mol. The maximum atomic E-state index is 14.3. The van der Waals surface area contributed by atoms with Crippen LogP contribution < -0.4 is 5.73 Å². The fourth-order valence-corrected chi connectivity index (χ4v) is 4.44. The Morgan fingerprint density at radius 1 is 1.00 bits per heavy atom. The van der Waals surface area contributed by atoms with E-state index in [2.05, 4.69) is 45.1 Å². The number of nitrogens with two attached hydrogens (primary N) is 1. The summed E-state index contributed by atoms with van der Waals surface area (Å²) in [6, 6.07) is 13.3. The van der Waals surface area contributed by atoms with Crippen LogP contribution in [0.5, 0.6) is 0 Å². The smallest absolute Gasteiger partial charge is 0.129 e. The highest BCUT2D eigenvalue weighted by Gasteiger charge is 2.23. The molecule has 0 aromatic heterocycles. The van der Waals surface area contributed by atoms with E-state index in [0.717, 1.165) is 24.1 Å². The first-order valence-corrected chi connectivity index (χ1v) is 10.8. The zero-order valence-corrected chi connectivity index (χ0v) is 17.9. The Labute approximate surface area is 175 Å². The molecule has 2 N–H and O–H groups in total. The van der Waals surface area contributed by atoms with Crippen LogP contribution in [0.4, 0.5) is 4.39 Å². The minimum absolute atomic E-state index is 0.227. The van der Waals surface area contributed by atoms with Crippen LogP contribution in [0.1, 0.15) is 36.8 Å². The number of benzene rings is 2. The number of nitrogens with zero attached hydrogens (tertiary/aromatic N) is 1. The minimum Gasteiger partial charge on any atom is -0.330 e. The maximum absolute atomic E-state index is 14.3. The third-order valence-corrected chi connectivity index (χ3v) is 6.46. The summed E-state index contributed by atoms with van der Waals surface area (Å²) in [4.78, 5) is 2.33. The first-order chi connectivity index (χ1) is 13.0. The van der Waals surface area contributed by atoms with Crippen molar-refractivity contribution in [1.29, 1.82) is 0 Å². The van der Waals surface area contributed by atoms with Crippen molar-refractivity contribution >= 4 is 27.5 Å². The van der Waals surface area contributed by atoms with E-state index in [-0.39, 0.29) is 5.82 Å². The third kappa shape index (κ3) is 6.02. The van der Waals surface area contributed by atoms with Crippen molar-refractivity contribution in [3.8, 4) is 0 Å². The van der Waals surface area contributed by atoms with Crippen molar-refractivity contribution in [2.45, 2.75) is 38.8 Å². The molecule has 0 aliphatic heterocycles. The van der Waals surface area contributed by atoms with Crippen LogP contribution in [-0.2, 0) is 13.1 Å². The third-order valence-electron chi connectivity index (χ3n) is 5.58. The van der Waals surface area contributed by atoms with Gasteiger partial charge in [0.1, 0.15) is 5.82 Å². The lowest BCUT2D eigenvalue weighted by molar-refractivity contribution is 0.168. The molecule has 2 aromatic carbocycles. The van der Waals surface area contributed by atoms with Gasteiger partial charge < -0.3 is 5.73 Å². The first-order valence-electron chi connectivity index (χ1n) is 9.65. The average Bonchev–Trinajstić information content (AvgIpc) is 2.67. The molecule has 0 amide bonds. The fourth-order valence-electron chi connectivity index (χ4n) is 3.95. The van der Waals surface area contributed by atoms with Gasteiger partial charge in [-0.25, -0.2) is 4.39 Å². The number of hydrogen-bond donors (Lipinski definition) is 1. The van der Waals surface area contributed by atoms with Crippen LogP contribution in [-0.4, -0.2) is 18.0 Å². The Bertz CT molecular complexity index is 709. The van der Waals surface area contributed by atoms with E-state index in [9.17, 15) is 4.39 Å². The molecule has 0 saturated heterocycles. The van der Waals surface area contributed by atoms with Gasteiger partial charge in [-0.1, -0.05) is 45.7 Å². The highest BCUT2D eigenvalue weighted by Crippen LogP contribution is 2.30. The van der Waals surface area contributed by atoms with Gasteiger partial charge in [-0.15, -0.1) is 0 Å². The predicted molar refractivity (Wildman–Crippen MR) is 114 cm³/mol. The molecule has 2 nitrogen and oxygen atoms in total. The number of hydrogen-bond acceptors (Lipinski definition) is 2. The second-order valence-corrected chi connectivity index (χ2v) is 8.94. The Morgan fingerprint density at radius 2 is 1.67 bits per heavy atom. The van der Waals surface area contributed by atoms with Crippen LogP contribution in [0.25, 0.3) is 0 Å². The lowest BCUT2D eigenvalue weighted by Crippen LogP contribution is -2.32. The van der Waals surface area contributed by atoms with Crippen LogP contribution in [0.15, 0.2) is 46.9 Å². The standard InChI is InChI=1S/C22H27BrClFN2/c23-19-10-8-18(9-11-19)14-27(13-17-6-4-16(12-26)5-7-17)15-20-21(24)2-1-3-22(20)25/h1-3,8-11,16-17H,4-7,12-15,26H2. The Morgan fingerprint density at radius 3 is 2.30 bits per heavy atom. The second-order valence-electron chi connectivity index (χ2n) is 7.62. The van der Waals surface area contributed by atoms with Crippen molar-refractivity contribution in [1.82, 2.24) is 4.90 Å². The summed E-state index contributed by atoms with van der Waals surface area (Å²) in [7, 11) is 0. The zero-order chi connectivity index (χ0) is 19.2. The monoisotopic (exact) mass is 452 g/mol. The van der Waals surface area contributed by atoms with Crippen molar-refractivity contribution in [3.05, 3.63) is 68.9 Å². The topological polar surface area (TPSA) is 29.3 Å². The van der Waals surface area contributed by atoms with Gasteiger partial charge in [-0.3, -0.25) is 4.90 Å². The van der Waals surface area contributed by atoms with Crippen LogP contribution in [0, 0.1) is 17.7 Å². The van der Waals surface area contributed by atoms with Gasteiger partial charge >= 0.3 is 0 Å². The second kappa shape index (κ2) is 10.0. The van der Waals surface area contributed by atoms with E-state index < -0.39 is 0 Å². The lowest BCUT2D eigenvalue weighted by atomic mass is 9.82. The molecule has 3 rings (SSSR count). The summed E-state index contributed by atoms with van der Waals surface area (Å²) in [6.07, 6.45) is 4.80. The zero-order valence-electron chi connectivity index (χ0n) is 15.5. The highest BCUT2D eigenvalue weighted by atomic mass is 79.9. The molecule has 0 radical (unpaired) electrons. The Kier molecular flexibility index (Phi) is 7.71. The molecule has 0 bridgehead atoms.